The van der Waals surface area contributed by atoms with Crippen molar-refractivity contribution in [2.75, 3.05) is 0 Å². The molecule has 1 aliphatic carbocycles. The van der Waals surface area contributed by atoms with E-state index in [1.54, 1.807) is 0 Å². The normalized spacial score (nSPS) is 11.1. The Bertz CT molecular complexity index is 187. The Labute approximate surface area is 91.2 Å². The number of aliphatic carboxylic acids is 1. The van der Waals surface area contributed by atoms with Crippen LogP contribution >= 0.6 is 0 Å². The van der Waals surface area contributed by atoms with Crippen LogP contribution in [0.25, 0.3) is 0 Å². The predicted octanol–water partition coefficient (Wildman–Crippen LogP) is -0.0706. The molecule has 4 heteroatoms. The molecule has 0 heterocycles. The van der Waals surface area contributed by atoms with Gasteiger partial charge in [-0.1, -0.05) is 0 Å². The summed E-state index contributed by atoms with van der Waals surface area (Å²) < 4.78 is 0. The molecule has 0 fully saturated rings. The Kier molecular flexibility index (Phi) is 12.8. The van der Waals surface area contributed by atoms with Crippen molar-refractivity contribution in [1.29, 1.82) is 0 Å². The average molecular weight is 351 g/mol. The van der Waals surface area contributed by atoms with E-state index in [0.717, 1.165) is 6.42 Å². The summed E-state index contributed by atoms with van der Waals surface area (Å²) in [5.41, 5.74) is 0. The van der Waals surface area contributed by atoms with E-state index in [4.69, 9.17) is 0 Å². The van der Waals surface area contributed by atoms with E-state index in [1.807, 2.05) is 12.2 Å². The van der Waals surface area contributed by atoms with Crippen LogP contribution in [-0.4, -0.2) is 12.3 Å². The Hall–Kier alpha value is -0.718. The number of carboxylic acid groups (broad SMARTS) is 1. The van der Waals surface area contributed by atoms with E-state index >= 15 is 0 Å². The fourth-order valence-electron chi connectivity index (χ4n) is 0.493. The fourth-order valence-corrected chi connectivity index (χ4v) is 0.493. The minimum Gasteiger partial charge on any atom is -0.550 e. The summed E-state index contributed by atoms with van der Waals surface area (Å²) in [6.45, 7) is 0. The number of rotatable bonds is 3. The van der Waals surface area contributed by atoms with Crippen LogP contribution in [0.4, 0.5) is 0 Å². The van der Waals surface area contributed by atoms with Gasteiger partial charge in [-0.2, -0.15) is 6.08 Å². The van der Waals surface area contributed by atoms with Crippen molar-refractivity contribution >= 4 is 12.3 Å². The summed E-state index contributed by atoms with van der Waals surface area (Å²) in [4.78, 5) is 18.8. The average Bonchev–Trinajstić information content (AvgIpc) is 2.57. The zero-order valence-corrected chi connectivity index (χ0v) is 9.67. The molecule has 0 aromatic heterocycles. The number of hydrogen-bond donors (Lipinski definition) is 0. The molecule has 73 valence electrons. The molecule has 0 aliphatic heterocycles. The molecule has 13 heavy (non-hydrogen) atoms. The first kappa shape index (κ1) is 14.8. The summed E-state index contributed by atoms with van der Waals surface area (Å²) in [7, 11) is 0. The number of carboxylic acids is 1. The third kappa shape index (κ3) is 14.2. The molecule has 0 amide bonds. The molecule has 3 nitrogen and oxygen atoms in total. The first-order valence-electron chi connectivity index (χ1n) is 3.54. The second kappa shape index (κ2) is 11.3. The van der Waals surface area contributed by atoms with E-state index in [0.29, 0.717) is 0 Å². The molecule has 0 N–H and O–H groups in total. The molecular weight excluding hydrogens is 342 g/mol. The topological polar surface area (TPSA) is 57.2 Å². The fraction of sp³-hybridized carbons (Fsp3) is 0.333. The van der Waals surface area contributed by atoms with Gasteiger partial charge in [0.15, 0.2) is 0 Å². The molecule has 0 saturated carbocycles. The summed E-state index contributed by atoms with van der Waals surface area (Å²) >= 11 is 0. The number of hydrogen-bond acceptors (Lipinski definition) is 3. The standard InChI is InChI=1S/C5H5.C4H5O3.Re/c1-2-4-5-3-1;5-3-1-2-4(6)7;/h1-3H,4H2;1-2H2,(H,6,7);/q2*-1;/p-1. The summed E-state index contributed by atoms with van der Waals surface area (Å²) in [5.74, 6) is -1.21. The van der Waals surface area contributed by atoms with Crippen molar-refractivity contribution in [3.8, 4) is 0 Å². The third-order valence-electron chi connectivity index (χ3n) is 1.02. The smallest absolute Gasteiger partial charge is 0.0391 e. The Balaban J connectivity index is 0. The number of allylic oxidation sites excluding steroid dienone is 4. The minimum atomic E-state index is -1.21. The molecule has 0 saturated heterocycles. The zero-order valence-electron chi connectivity index (χ0n) is 6.96. The Morgan fingerprint density at radius 1 is 1.62 bits per heavy atom. The molecule has 0 aromatic rings. The van der Waals surface area contributed by atoms with Crippen LogP contribution in [-0.2, 0) is 30.0 Å². The first-order valence-corrected chi connectivity index (χ1v) is 3.54. The van der Waals surface area contributed by atoms with Gasteiger partial charge in [0, 0.05) is 26.4 Å². The minimum absolute atomic E-state index is 0. The van der Waals surface area contributed by atoms with E-state index in [1.165, 1.54) is 6.29 Å². The number of carbonyl (C=O) groups excluding carboxylic acids is 2. The van der Waals surface area contributed by atoms with Crippen LogP contribution in [0.1, 0.15) is 19.3 Å². The molecular formula is C9H9O3Re-3. The van der Waals surface area contributed by atoms with Crippen molar-refractivity contribution in [1.82, 2.24) is 0 Å². The molecule has 1 radical (unpaired) electrons. The SMILES string of the molecule is O=[C-]CCC(=O)[O-].[C-]1=CC=CC1.[Re]. The van der Waals surface area contributed by atoms with Crippen LogP contribution in [0, 0.1) is 6.08 Å². The molecule has 1 rings (SSSR count). The van der Waals surface area contributed by atoms with Crippen LogP contribution in [0.15, 0.2) is 18.2 Å². The van der Waals surface area contributed by atoms with Gasteiger partial charge in [-0.25, -0.2) is 12.2 Å². The second-order valence-electron chi connectivity index (χ2n) is 2.02. The zero-order chi connectivity index (χ0) is 9.23. The molecule has 0 bridgehead atoms. The van der Waals surface area contributed by atoms with Crippen LogP contribution in [0.5, 0.6) is 0 Å². The van der Waals surface area contributed by atoms with E-state index in [9.17, 15) is 14.7 Å². The van der Waals surface area contributed by atoms with Gasteiger partial charge in [-0.15, -0.1) is 12.8 Å². The van der Waals surface area contributed by atoms with E-state index < -0.39 is 5.97 Å². The van der Waals surface area contributed by atoms with Gasteiger partial charge in [-0.05, 0) is 6.42 Å². The largest absolute Gasteiger partial charge is 0.550 e. The van der Waals surface area contributed by atoms with Crippen molar-refractivity contribution in [2.45, 2.75) is 19.3 Å². The first-order chi connectivity index (χ1) is 5.77. The van der Waals surface area contributed by atoms with Crippen LogP contribution in [0.3, 0.4) is 0 Å². The monoisotopic (exact) mass is 352 g/mol. The van der Waals surface area contributed by atoms with Crippen molar-refractivity contribution < 1.29 is 35.1 Å². The molecule has 0 atom stereocenters. The maximum atomic E-state index is 9.47. The van der Waals surface area contributed by atoms with Gasteiger partial charge < -0.3 is 14.7 Å². The maximum Gasteiger partial charge on any atom is 0.0391 e. The van der Waals surface area contributed by atoms with Gasteiger partial charge >= 0.3 is 0 Å². The van der Waals surface area contributed by atoms with Crippen molar-refractivity contribution in [2.24, 2.45) is 0 Å². The Morgan fingerprint density at radius 3 is 2.46 bits per heavy atom. The van der Waals surface area contributed by atoms with Gasteiger partial charge in [0.25, 0.3) is 0 Å². The second-order valence-corrected chi connectivity index (χ2v) is 2.02. The number of carbonyl (C=O) groups is 1. The Morgan fingerprint density at radius 2 is 2.31 bits per heavy atom. The van der Waals surface area contributed by atoms with E-state index in [2.05, 4.69) is 12.2 Å². The van der Waals surface area contributed by atoms with Crippen molar-refractivity contribution in [3.63, 3.8) is 0 Å². The molecule has 0 spiro atoms. The van der Waals surface area contributed by atoms with Crippen molar-refractivity contribution in [3.05, 3.63) is 24.3 Å². The molecule has 0 unspecified atom stereocenters. The van der Waals surface area contributed by atoms with Gasteiger partial charge in [0.1, 0.15) is 0 Å². The summed E-state index contributed by atoms with van der Waals surface area (Å²) in [6, 6.07) is 0. The summed E-state index contributed by atoms with van der Waals surface area (Å²) in [6.07, 6.45) is 11.1. The molecule has 1 aliphatic rings. The summed E-state index contributed by atoms with van der Waals surface area (Å²) in [5, 5.41) is 9.47. The third-order valence-corrected chi connectivity index (χ3v) is 1.02. The van der Waals surface area contributed by atoms with E-state index in [-0.39, 0.29) is 33.3 Å². The quantitative estimate of drug-likeness (QED) is 0.669. The van der Waals surface area contributed by atoms with Gasteiger partial charge in [0.2, 0.25) is 0 Å². The molecule has 0 aromatic carbocycles. The predicted molar refractivity (Wildman–Crippen MR) is 41.5 cm³/mol. The van der Waals surface area contributed by atoms with Gasteiger partial charge in [-0.3, -0.25) is 12.4 Å². The van der Waals surface area contributed by atoms with Crippen LogP contribution < -0.4 is 5.11 Å². The van der Waals surface area contributed by atoms with Crippen LogP contribution in [0.2, 0.25) is 0 Å². The van der Waals surface area contributed by atoms with Gasteiger partial charge in [0.05, 0.1) is 0 Å². The maximum absolute atomic E-state index is 9.47.